The van der Waals surface area contributed by atoms with Crippen molar-refractivity contribution in [3.63, 3.8) is 0 Å². The molecule has 0 spiro atoms. The molecule has 118 valence electrons. The molecule has 3 heterocycles. The van der Waals surface area contributed by atoms with Crippen LogP contribution in [0, 0.1) is 0 Å². The summed E-state index contributed by atoms with van der Waals surface area (Å²) >= 11 is 1.70. The van der Waals surface area contributed by atoms with Gasteiger partial charge in [0.1, 0.15) is 5.82 Å². The number of aromatic nitrogens is 2. The molecule has 0 saturated carbocycles. The summed E-state index contributed by atoms with van der Waals surface area (Å²) in [5.41, 5.74) is 2.30. The highest BCUT2D eigenvalue weighted by molar-refractivity contribution is 7.17. The molecule has 1 saturated heterocycles. The molecule has 3 aromatic rings. The van der Waals surface area contributed by atoms with Gasteiger partial charge in [-0.25, -0.2) is 4.98 Å². The summed E-state index contributed by atoms with van der Waals surface area (Å²) in [5, 5.41) is 5.59. The van der Waals surface area contributed by atoms with Crippen LogP contribution in [-0.4, -0.2) is 23.1 Å². The molecule has 1 aliphatic rings. The van der Waals surface area contributed by atoms with E-state index in [0.717, 1.165) is 41.6 Å². The number of hydrogen-bond acceptors (Lipinski definition) is 5. The summed E-state index contributed by atoms with van der Waals surface area (Å²) in [6.45, 7) is 2.91. The van der Waals surface area contributed by atoms with E-state index >= 15 is 0 Å². The molecule has 0 aliphatic carbocycles. The van der Waals surface area contributed by atoms with Gasteiger partial charge in [-0.2, -0.15) is 4.98 Å². The third-order valence-electron chi connectivity index (χ3n) is 4.23. The normalized spacial score (nSPS) is 15.0. The molecule has 23 heavy (non-hydrogen) atoms. The minimum absolute atomic E-state index is 0.782. The summed E-state index contributed by atoms with van der Waals surface area (Å²) in [4.78, 5) is 11.9. The van der Waals surface area contributed by atoms with Crippen molar-refractivity contribution < 1.29 is 0 Å². The lowest BCUT2D eigenvalue weighted by atomic mass is 10.1. The Morgan fingerprint density at radius 3 is 2.65 bits per heavy atom. The maximum atomic E-state index is 4.83. The van der Waals surface area contributed by atoms with Crippen LogP contribution >= 0.6 is 11.3 Å². The zero-order valence-corrected chi connectivity index (χ0v) is 13.9. The van der Waals surface area contributed by atoms with Crippen molar-refractivity contribution in [1.82, 2.24) is 9.97 Å². The smallest absolute Gasteiger partial charge is 0.227 e. The average Bonchev–Trinajstić information content (AvgIpc) is 3.10. The third kappa shape index (κ3) is 3.15. The minimum Gasteiger partial charge on any atom is -0.365 e. The van der Waals surface area contributed by atoms with Gasteiger partial charge in [0.15, 0.2) is 0 Å². The summed E-state index contributed by atoms with van der Waals surface area (Å²) in [6.07, 6.45) is 3.78. The SMILES string of the molecule is c1ccc(CNc2nc(N3CCCCC3)nc3ccsc23)cc1. The number of anilines is 2. The second-order valence-corrected chi connectivity index (χ2v) is 6.81. The highest BCUT2D eigenvalue weighted by Crippen LogP contribution is 2.29. The van der Waals surface area contributed by atoms with Gasteiger partial charge < -0.3 is 10.2 Å². The van der Waals surface area contributed by atoms with Crippen LogP contribution < -0.4 is 10.2 Å². The first-order chi connectivity index (χ1) is 11.4. The molecule has 0 unspecified atom stereocenters. The van der Waals surface area contributed by atoms with E-state index in [2.05, 4.69) is 45.9 Å². The Labute approximate surface area is 140 Å². The molecule has 1 aliphatic heterocycles. The van der Waals surface area contributed by atoms with Gasteiger partial charge in [0.05, 0.1) is 10.2 Å². The molecule has 5 heteroatoms. The van der Waals surface area contributed by atoms with Gasteiger partial charge in [0.25, 0.3) is 0 Å². The Bertz CT molecular complexity index is 778. The molecular weight excluding hydrogens is 304 g/mol. The number of nitrogens with one attached hydrogen (secondary N) is 1. The van der Waals surface area contributed by atoms with E-state index in [9.17, 15) is 0 Å². The lowest BCUT2D eigenvalue weighted by molar-refractivity contribution is 0.569. The number of piperidine rings is 1. The van der Waals surface area contributed by atoms with E-state index < -0.39 is 0 Å². The van der Waals surface area contributed by atoms with E-state index in [1.54, 1.807) is 11.3 Å². The van der Waals surface area contributed by atoms with Crippen molar-refractivity contribution in [3.8, 4) is 0 Å². The summed E-state index contributed by atoms with van der Waals surface area (Å²) in [7, 11) is 0. The van der Waals surface area contributed by atoms with E-state index in [-0.39, 0.29) is 0 Å². The molecule has 1 fully saturated rings. The summed E-state index contributed by atoms with van der Waals surface area (Å²) < 4.78 is 1.14. The highest BCUT2D eigenvalue weighted by Gasteiger charge is 2.16. The average molecular weight is 324 g/mol. The largest absolute Gasteiger partial charge is 0.365 e. The first-order valence-corrected chi connectivity index (χ1v) is 9.06. The molecule has 1 N–H and O–H groups in total. The molecule has 4 nitrogen and oxygen atoms in total. The Morgan fingerprint density at radius 2 is 1.83 bits per heavy atom. The second-order valence-electron chi connectivity index (χ2n) is 5.89. The fourth-order valence-corrected chi connectivity index (χ4v) is 3.78. The van der Waals surface area contributed by atoms with Crippen molar-refractivity contribution >= 4 is 33.3 Å². The molecule has 2 aromatic heterocycles. The number of fused-ring (bicyclic) bond motifs is 1. The van der Waals surface area contributed by atoms with Crippen molar-refractivity contribution in [2.24, 2.45) is 0 Å². The molecule has 1 aromatic carbocycles. The van der Waals surface area contributed by atoms with Gasteiger partial charge in [0.2, 0.25) is 5.95 Å². The van der Waals surface area contributed by atoms with Crippen molar-refractivity contribution in [3.05, 3.63) is 47.3 Å². The van der Waals surface area contributed by atoms with Crippen LogP contribution in [0.4, 0.5) is 11.8 Å². The van der Waals surface area contributed by atoms with Crippen LogP contribution in [0.2, 0.25) is 0 Å². The number of benzene rings is 1. The molecule has 4 rings (SSSR count). The fourth-order valence-electron chi connectivity index (χ4n) is 2.99. The third-order valence-corrected chi connectivity index (χ3v) is 5.14. The summed E-state index contributed by atoms with van der Waals surface area (Å²) in [5.74, 6) is 1.82. The second kappa shape index (κ2) is 6.54. The lowest BCUT2D eigenvalue weighted by Gasteiger charge is -2.27. The van der Waals surface area contributed by atoms with Crippen molar-refractivity contribution in [2.75, 3.05) is 23.3 Å². The zero-order valence-electron chi connectivity index (χ0n) is 13.0. The van der Waals surface area contributed by atoms with E-state index in [4.69, 9.17) is 9.97 Å². The predicted molar refractivity (Wildman–Crippen MR) is 97.2 cm³/mol. The van der Waals surface area contributed by atoms with Crippen LogP contribution in [0.3, 0.4) is 0 Å². The van der Waals surface area contributed by atoms with Gasteiger partial charge in [-0.1, -0.05) is 30.3 Å². The van der Waals surface area contributed by atoms with E-state index in [0.29, 0.717) is 0 Å². The monoisotopic (exact) mass is 324 g/mol. The Kier molecular flexibility index (Phi) is 4.11. The fraction of sp³-hybridized carbons (Fsp3) is 0.333. The number of rotatable bonds is 4. The molecule has 0 radical (unpaired) electrons. The van der Waals surface area contributed by atoms with Gasteiger partial charge in [-0.3, -0.25) is 0 Å². The van der Waals surface area contributed by atoms with E-state index in [1.165, 1.54) is 24.8 Å². The topological polar surface area (TPSA) is 41.1 Å². The van der Waals surface area contributed by atoms with Crippen LogP contribution in [0.5, 0.6) is 0 Å². The quantitative estimate of drug-likeness (QED) is 0.777. The highest BCUT2D eigenvalue weighted by atomic mass is 32.1. The minimum atomic E-state index is 0.782. The predicted octanol–water partition coefficient (Wildman–Crippen LogP) is 4.29. The molecule has 0 amide bonds. The van der Waals surface area contributed by atoms with Crippen molar-refractivity contribution in [2.45, 2.75) is 25.8 Å². The maximum Gasteiger partial charge on any atom is 0.227 e. The first-order valence-electron chi connectivity index (χ1n) is 8.18. The van der Waals surface area contributed by atoms with Crippen LogP contribution in [-0.2, 0) is 6.54 Å². The van der Waals surface area contributed by atoms with Gasteiger partial charge >= 0.3 is 0 Å². The molecule has 0 atom stereocenters. The standard InChI is InChI=1S/C18H20N4S/c1-3-7-14(8-4-1)13-19-17-16-15(9-12-23-16)20-18(21-17)22-10-5-2-6-11-22/h1,3-4,7-9,12H,2,5-6,10-11,13H2,(H,19,20,21). The van der Waals surface area contributed by atoms with Gasteiger partial charge in [-0.15, -0.1) is 11.3 Å². The zero-order chi connectivity index (χ0) is 15.5. The number of hydrogen-bond donors (Lipinski definition) is 1. The van der Waals surface area contributed by atoms with Crippen LogP contribution in [0.15, 0.2) is 41.8 Å². The van der Waals surface area contributed by atoms with Gasteiger partial charge in [-0.05, 0) is 36.3 Å². The van der Waals surface area contributed by atoms with Crippen molar-refractivity contribution in [1.29, 1.82) is 0 Å². The van der Waals surface area contributed by atoms with E-state index in [1.807, 2.05) is 6.07 Å². The first kappa shape index (κ1) is 14.5. The lowest BCUT2D eigenvalue weighted by Crippen LogP contribution is -2.31. The Morgan fingerprint density at radius 1 is 1.00 bits per heavy atom. The maximum absolute atomic E-state index is 4.83. The Balaban J connectivity index is 1.62. The molecular formula is C18H20N4S. The molecule has 0 bridgehead atoms. The van der Waals surface area contributed by atoms with Gasteiger partial charge in [0, 0.05) is 19.6 Å². The van der Waals surface area contributed by atoms with Crippen LogP contribution in [0.1, 0.15) is 24.8 Å². The number of thiophene rings is 1. The Hall–Kier alpha value is -2.14. The van der Waals surface area contributed by atoms with Crippen LogP contribution in [0.25, 0.3) is 10.2 Å². The summed E-state index contributed by atoms with van der Waals surface area (Å²) in [6, 6.07) is 12.5. The number of nitrogens with zero attached hydrogens (tertiary/aromatic N) is 3.